The number of nitrogens with two attached hydrogens (primary N) is 1. The Morgan fingerprint density at radius 2 is 2.28 bits per heavy atom. The molecule has 0 bridgehead atoms. The zero-order valence-corrected chi connectivity index (χ0v) is 10.9. The van der Waals surface area contributed by atoms with Gasteiger partial charge in [-0.15, -0.1) is 23.2 Å². The summed E-state index contributed by atoms with van der Waals surface area (Å²) in [6.07, 6.45) is 0.681. The first-order valence-electron chi connectivity index (χ1n) is 5.67. The molecule has 92 valence electrons. The van der Waals surface area contributed by atoms with Gasteiger partial charge in [-0.2, -0.15) is 0 Å². The second-order valence-electron chi connectivity index (χ2n) is 3.84. The second kappa shape index (κ2) is 5.56. The van der Waals surface area contributed by atoms with Gasteiger partial charge in [0.05, 0.1) is 4.88 Å². The molecule has 0 unspecified atom stereocenters. The molecule has 18 heavy (non-hydrogen) atoms. The third-order valence-electron chi connectivity index (χ3n) is 2.48. The largest absolute Gasteiger partial charge is 0.399 e. The minimum Gasteiger partial charge on any atom is -0.399 e. The summed E-state index contributed by atoms with van der Waals surface area (Å²) < 4.78 is 1.07. The van der Waals surface area contributed by atoms with Gasteiger partial charge in [-0.1, -0.05) is 0 Å². The molecule has 3 N–H and O–H groups in total. The number of hydrogen-bond donors (Lipinski definition) is 2. The second-order valence-corrected chi connectivity index (χ2v) is 4.92. The topological polar surface area (TPSA) is 55.1 Å². The van der Waals surface area contributed by atoms with Gasteiger partial charge >= 0.3 is 0 Å². The summed E-state index contributed by atoms with van der Waals surface area (Å²) in [5, 5.41) is 3.86. The zero-order valence-electron chi connectivity index (χ0n) is 10.1. The standard InChI is InChI=1S/C14H14N2OS/c1-2-3-4-7-16-14(17)13-9-10-8-11(15)5-6-12(10)18-13/h5-6,8-9H,4,7,15H2,1H3,(H,16,17). The van der Waals surface area contributed by atoms with Crippen molar-refractivity contribution in [2.24, 2.45) is 0 Å². The van der Waals surface area contributed by atoms with Crippen LogP contribution < -0.4 is 11.1 Å². The van der Waals surface area contributed by atoms with Crippen LogP contribution in [0.2, 0.25) is 0 Å². The monoisotopic (exact) mass is 258 g/mol. The van der Waals surface area contributed by atoms with Gasteiger partial charge in [0.1, 0.15) is 0 Å². The van der Waals surface area contributed by atoms with E-state index in [1.54, 1.807) is 6.92 Å². The first kappa shape index (κ1) is 12.5. The Kier molecular flexibility index (Phi) is 3.85. The van der Waals surface area contributed by atoms with Crippen molar-refractivity contribution >= 4 is 33.0 Å². The highest BCUT2D eigenvalue weighted by Gasteiger charge is 2.09. The SMILES string of the molecule is CC#CCCNC(=O)c1cc2cc(N)ccc2s1. The van der Waals surface area contributed by atoms with Crippen molar-refractivity contribution in [3.63, 3.8) is 0 Å². The quantitative estimate of drug-likeness (QED) is 0.505. The smallest absolute Gasteiger partial charge is 0.261 e. The summed E-state index contributed by atoms with van der Waals surface area (Å²) in [5.74, 6) is 5.66. The molecule has 1 heterocycles. The molecule has 2 rings (SSSR count). The van der Waals surface area contributed by atoms with Gasteiger partial charge in [-0.05, 0) is 36.6 Å². The van der Waals surface area contributed by atoms with E-state index < -0.39 is 0 Å². The highest BCUT2D eigenvalue weighted by molar-refractivity contribution is 7.20. The van der Waals surface area contributed by atoms with Crippen molar-refractivity contribution in [3.8, 4) is 11.8 Å². The van der Waals surface area contributed by atoms with Crippen LogP contribution in [-0.4, -0.2) is 12.5 Å². The minimum atomic E-state index is -0.0484. The van der Waals surface area contributed by atoms with Crippen molar-refractivity contribution < 1.29 is 4.79 Å². The number of thiophene rings is 1. The first-order valence-corrected chi connectivity index (χ1v) is 6.49. The number of anilines is 1. The lowest BCUT2D eigenvalue weighted by atomic mass is 10.2. The molecule has 4 heteroatoms. The van der Waals surface area contributed by atoms with E-state index in [1.807, 2.05) is 24.3 Å². The lowest BCUT2D eigenvalue weighted by Gasteiger charge is -1.98. The number of carbonyl (C=O) groups is 1. The van der Waals surface area contributed by atoms with Gasteiger partial charge in [0.2, 0.25) is 0 Å². The molecule has 0 aliphatic rings. The highest BCUT2D eigenvalue weighted by Crippen LogP contribution is 2.27. The number of fused-ring (bicyclic) bond motifs is 1. The average molecular weight is 258 g/mol. The van der Waals surface area contributed by atoms with Crippen LogP contribution in [-0.2, 0) is 0 Å². The molecule has 0 radical (unpaired) electrons. The predicted octanol–water partition coefficient (Wildman–Crippen LogP) is 2.63. The Morgan fingerprint density at radius 3 is 3.06 bits per heavy atom. The number of rotatable bonds is 3. The Balaban J connectivity index is 2.10. The van der Waals surface area contributed by atoms with Crippen LogP contribution in [0.1, 0.15) is 23.0 Å². The molecule has 0 atom stereocenters. The number of benzene rings is 1. The zero-order chi connectivity index (χ0) is 13.0. The molecule has 0 aliphatic carbocycles. The van der Waals surface area contributed by atoms with Crippen LogP contribution >= 0.6 is 11.3 Å². The van der Waals surface area contributed by atoms with E-state index in [0.717, 1.165) is 10.1 Å². The first-order chi connectivity index (χ1) is 8.70. The van der Waals surface area contributed by atoms with E-state index >= 15 is 0 Å². The molecule has 2 aromatic rings. The van der Waals surface area contributed by atoms with Crippen LogP contribution in [0.25, 0.3) is 10.1 Å². The van der Waals surface area contributed by atoms with Crippen LogP contribution in [0.5, 0.6) is 0 Å². The molecule has 1 aromatic carbocycles. The van der Waals surface area contributed by atoms with Crippen molar-refractivity contribution in [1.29, 1.82) is 0 Å². The molecule has 1 amide bonds. The third kappa shape index (κ3) is 2.82. The van der Waals surface area contributed by atoms with E-state index in [0.29, 0.717) is 23.5 Å². The fraction of sp³-hybridized carbons (Fsp3) is 0.214. The van der Waals surface area contributed by atoms with Gasteiger partial charge in [0, 0.05) is 23.4 Å². The maximum absolute atomic E-state index is 11.9. The summed E-state index contributed by atoms with van der Waals surface area (Å²) in [6, 6.07) is 7.54. The fourth-order valence-corrected chi connectivity index (χ4v) is 2.58. The van der Waals surface area contributed by atoms with Gasteiger partial charge < -0.3 is 11.1 Å². The van der Waals surface area contributed by atoms with Gasteiger partial charge in [-0.3, -0.25) is 4.79 Å². The molecule has 0 saturated carbocycles. The number of nitrogen functional groups attached to an aromatic ring is 1. The van der Waals surface area contributed by atoms with Crippen molar-refractivity contribution in [1.82, 2.24) is 5.32 Å². The number of amides is 1. The normalized spacial score (nSPS) is 9.83. The van der Waals surface area contributed by atoms with Crippen LogP contribution in [0.15, 0.2) is 24.3 Å². The molecule has 0 spiro atoms. The summed E-state index contributed by atoms with van der Waals surface area (Å²) in [7, 11) is 0. The van der Waals surface area contributed by atoms with E-state index in [4.69, 9.17) is 5.73 Å². The van der Waals surface area contributed by atoms with Gasteiger partial charge in [0.15, 0.2) is 0 Å². The Morgan fingerprint density at radius 1 is 1.44 bits per heavy atom. The van der Waals surface area contributed by atoms with E-state index in [9.17, 15) is 4.79 Å². The van der Waals surface area contributed by atoms with E-state index in [-0.39, 0.29) is 5.91 Å². The number of hydrogen-bond acceptors (Lipinski definition) is 3. The predicted molar refractivity (Wildman–Crippen MR) is 76.6 cm³/mol. The summed E-state index contributed by atoms with van der Waals surface area (Å²) in [5.41, 5.74) is 6.43. The Hall–Kier alpha value is -1.99. The van der Waals surface area contributed by atoms with E-state index in [2.05, 4.69) is 17.2 Å². The van der Waals surface area contributed by atoms with Crippen molar-refractivity contribution in [2.45, 2.75) is 13.3 Å². The molecule has 0 fully saturated rings. The highest BCUT2D eigenvalue weighted by atomic mass is 32.1. The summed E-state index contributed by atoms with van der Waals surface area (Å²) in [4.78, 5) is 12.6. The molecule has 1 aromatic heterocycles. The number of carbonyl (C=O) groups excluding carboxylic acids is 1. The van der Waals surface area contributed by atoms with Crippen LogP contribution in [0.3, 0.4) is 0 Å². The van der Waals surface area contributed by atoms with Gasteiger partial charge in [0.25, 0.3) is 5.91 Å². The van der Waals surface area contributed by atoms with Crippen molar-refractivity contribution in [2.75, 3.05) is 12.3 Å². The molecule has 0 aliphatic heterocycles. The fourth-order valence-electron chi connectivity index (χ4n) is 1.62. The lowest BCUT2D eigenvalue weighted by Crippen LogP contribution is -2.23. The molecular formula is C14H14N2OS. The van der Waals surface area contributed by atoms with Crippen LogP contribution in [0, 0.1) is 11.8 Å². The maximum Gasteiger partial charge on any atom is 0.261 e. The van der Waals surface area contributed by atoms with E-state index in [1.165, 1.54) is 11.3 Å². The molecule has 0 saturated heterocycles. The van der Waals surface area contributed by atoms with Crippen molar-refractivity contribution in [3.05, 3.63) is 29.1 Å². The van der Waals surface area contributed by atoms with Gasteiger partial charge in [-0.25, -0.2) is 0 Å². The lowest BCUT2D eigenvalue weighted by molar-refractivity contribution is 0.0958. The maximum atomic E-state index is 11.9. The third-order valence-corrected chi connectivity index (χ3v) is 3.59. The summed E-state index contributed by atoms with van der Waals surface area (Å²) in [6.45, 7) is 2.37. The Bertz CT molecular complexity index is 634. The minimum absolute atomic E-state index is 0.0484. The molecular weight excluding hydrogens is 244 g/mol. The Labute approximate surface area is 110 Å². The van der Waals surface area contributed by atoms with Crippen LogP contribution in [0.4, 0.5) is 5.69 Å². The average Bonchev–Trinajstić information content (AvgIpc) is 2.77. The number of nitrogens with one attached hydrogen (secondary N) is 1. The summed E-state index contributed by atoms with van der Waals surface area (Å²) >= 11 is 1.47. The molecule has 3 nitrogen and oxygen atoms in total.